The molecule has 0 aromatic heterocycles. The van der Waals surface area contributed by atoms with Gasteiger partial charge in [0.25, 0.3) is 0 Å². The van der Waals surface area contributed by atoms with Gasteiger partial charge in [-0.1, -0.05) is 36.4 Å². The van der Waals surface area contributed by atoms with Crippen molar-refractivity contribution in [2.24, 2.45) is 0 Å². The van der Waals surface area contributed by atoms with Crippen molar-refractivity contribution in [2.75, 3.05) is 26.4 Å². The topological polar surface area (TPSA) is 74.3 Å². The molecule has 33 heavy (non-hydrogen) atoms. The van der Waals surface area contributed by atoms with Gasteiger partial charge in [-0.05, 0) is 35.4 Å². The highest BCUT2D eigenvalue weighted by Gasteiger charge is 2.29. The summed E-state index contributed by atoms with van der Waals surface area (Å²) in [6.07, 6.45) is 0. The maximum atomic E-state index is 13.4. The van der Waals surface area contributed by atoms with Crippen LogP contribution in [0.15, 0.2) is 71.6 Å². The monoisotopic (exact) mass is 467 g/mol. The molecule has 3 aromatic rings. The Kier molecular flexibility index (Phi) is 6.22. The SMILES string of the molecule is O=S(=O)(c1ccc2c(c1)OCCO2)N1CCOc2ccc(COCc3ccccc3)cc2C1. The third-order valence-corrected chi connectivity index (χ3v) is 7.44. The van der Waals surface area contributed by atoms with Crippen molar-refractivity contribution >= 4 is 10.0 Å². The zero-order chi connectivity index (χ0) is 22.7. The fraction of sp³-hybridized carbons (Fsp3) is 0.280. The van der Waals surface area contributed by atoms with E-state index in [4.69, 9.17) is 18.9 Å². The van der Waals surface area contributed by atoms with Gasteiger partial charge in [0.15, 0.2) is 11.5 Å². The van der Waals surface area contributed by atoms with E-state index in [-0.39, 0.29) is 24.6 Å². The van der Waals surface area contributed by atoms with E-state index in [9.17, 15) is 8.42 Å². The molecule has 0 radical (unpaired) electrons. The first-order valence-corrected chi connectivity index (χ1v) is 12.3. The highest BCUT2D eigenvalue weighted by molar-refractivity contribution is 7.89. The van der Waals surface area contributed by atoms with Crippen molar-refractivity contribution in [1.29, 1.82) is 0 Å². The maximum absolute atomic E-state index is 13.4. The van der Waals surface area contributed by atoms with Crippen LogP contribution in [0.4, 0.5) is 0 Å². The summed E-state index contributed by atoms with van der Waals surface area (Å²) in [7, 11) is -3.74. The van der Waals surface area contributed by atoms with Gasteiger partial charge in [-0.15, -0.1) is 0 Å². The molecule has 0 saturated carbocycles. The molecular weight excluding hydrogens is 442 g/mol. The lowest BCUT2D eigenvalue weighted by atomic mass is 10.1. The summed E-state index contributed by atoms with van der Waals surface area (Å²) in [5.41, 5.74) is 2.88. The summed E-state index contributed by atoms with van der Waals surface area (Å²) in [6, 6.07) is 20.5. The fourth-order valence-corrected chi connectivity index (χ4v) is 5.33. The number of rotatable bonds is 6. The zero-order valence-electron chi connectivity index (χ0n) is 18.1. The van der Waals surface area contributed by atoms with Gasteiger partial charge >= 0.3 is 0 Å². The lowest BCUT2D eigenvalue weighted by Gasteiger charge is -2.22. The number of fused-ring (bicyclic) bond motifs is 2. The minimum Gasteiger partial charge on any atom is -0.492 e. The number of benzene rings is 3. The number of sulfonamides is 1. The van der Waals surface area contributed by atoms with E-state index < -0.39 is 10.0 Å². The quantitative estimate of drug-likeness (QED) is 0.550. The molecule has 0 amide bonds. The molecule has 2 heterocycles. The molecule has 0 fully saturated rings. The molecule has 7 nitrogen and oxygen atoms in total. The predicted molar refractivity (Wildman–Crippen MR) is 122 cm³/mol. The van der Waals surface area contributed by atoms with Gasteiger partial charge < -0.3 is 18.9 Å². The Morgan fingerprint density at radius 3 is 2.33 bits per heavy atom. The first-order chi connectivity index (χ1) is 16.1. The largest absolute Gasteiger partial charge is 0.492 e. The molecule has 2 aliphatic rings. The summed E-state index contributed by atoms with van der Waals surface area (Å²) < 4.78 is 51.0. The van der Waals surface area contributed by atoms with E-state index in [1.54, 1.807) is 12.1 Å². The van der Waals surface area contributed by atoms with Gasteiger partial charge in [0.1, 0.15) is 25.6 Å². The van der Waals surface area contributed by atoms with E-state index >= 15 is 0 Å². The molecule has 3 aromatic carbocycles. The van der Waals surface area contributed by atoms with Crippen LogP contribution in [0, 0.1) is 0 Å². The predicted octanol–water partition coefficient (Wildman–Crippen LogP) is 3.76. The van der Waals surface area contributed by atoms with Crippen LogP contribution in [0.1, 0.15) is 16.7 Å². The minimum atomic E-state index is -3.74. The van der Waals surface area contributed by atoms with Crippen LogP contribution < -0.4 is 14.2 Å². The zero-order valence-corrected chi connectivity index (χ0v) is 18.9. The normalized spacial score (nSPS) is 15.9. The van der Waals surface area contributed by atoms with Gasteiger partial charge in [0.05, 0.1) is 18.1 Å². The average Bonchev–Trinajstić information content (AvgIpc) is 3.07. The number of nitrogens with zero attached hydrogens (tertiary/aromatic N) is 1. The van der Waals surface area contributed by atoms with E-state index in [1.807, 2.05) is 48.5 Å². The van der Waals surface area contributed by atoms with Gasteiger partial charge in [-0.3, -0.25) is 0 Å². The van der Waals surface area contributed by atoms with Crippen molar-refractivity contribution in [3.05, 3.63) is 83.4 Å². The molecule has 0 spiro atoms. The van der Waals surface area contributed by atoms with Crippen molar-refractivity contribution < 1.29 is 27.4 Å². The molecule has 5 rings (SSSR count). The van der Waals surface area contributed by atoms with E-state index in [0.717, 1.165) is 16.7 Å². The highest BCUT2D eigenvalue weighted by Crippen LogP contribution is 2.34. The average molecular weight is 468 g/mol. The van der Waals surface area contributed by atoms with Gasteiger partial charge in [-0.2, -0.15) is 4.31 Å². The van der Waals surface area contributed by atoms with Crippen LogP contribution in [0.2, 0.25) is 0 Å². The second-order valence-corrected chi connectivity index (χ2v) is 9.85. The number of hydrogen-bond acceptors (Lipinski definition) is 6. The first-order valence-electron chi connectivity index (χ1n) is 10.9. The standard InChI is InChI=1S/C25H25NO6S/c27-33(28,22-7-9-24-25(15-22)32-13-12-31-24)26-10-11-30-23-8-6-20(14-21(23)16-26)18-29-17-19-4-2-1-3-5-19/h1-9,14-15H,10-13,16-18H2. The Hall–Kier alpha value is -3.07. The van der Waals surface area contributed by atoms with Gasteiger partial charge in [0, 0.05) is 24.7 Å². The lowest BCUT2D eigenvalue weighted by Crippen LogP contribution is -2.32. The van der Waals surface area contributed by atoms with Crippen molar-refractivity contribution in [2.45, 2.75) is 24.7 Å². The van der Waals surface area contributed by atoms with Crippen molar-refractivity contribution in [1.82, 2.24) is 4.31 Å². The summed E-state index contributed by atoms with van der Waals surface area (Å²) in [5.74, 6) is 1.71. The Balaban J connectivity index is 1.32. The molecule has 0 bridgehead atoms. The lowest BCUT2D eigenvalue weighted by molar-refractivity contribution is 0.107. The molecule has 0 N–H and O–H groups in total. The van der Waals surface area contributed by atoms with Crippen LogP contribution in [0.3, 0.4) is 0 Å². The summed E-state index contributed by atoms with van der Waals surface area (Å²) in [6.45, 7) is 2.55. The molecule has 172 valence electrons. The molecule has 0 unspecified atom stereocenters. The van der Waals surface area contributed by atoms with Crippen molar-refractivity contribution in [3.8, 4) is 17.2 Å². The molecule has 0 aliphatic carbocycles. The highest BCUT2D eigenvalue weighted by atomic mass is 32.2. The smallest absolute Gasteiger partial charge is 0.243 e. The molecule has 8 heteroatoms. The second kappa shape index (κ2) is 9.43. The van der Waals surface area contributed by atoms with Crippen LogP contribution in [0.5, 0.6) is 17.2 Å². The van der Waals surface area contributed by atoms with E-state index in [1.165, 1.54) is 10.4 Å². The van der Waals surface area contributed by atoms with Crippen LogP contribution >= 0.6 is 0 Å². The van der Waals surface area contributed by atoms with Crippen LogP contribution in [-0.2, 0) is 34.5 Å². The van der Waals surface area contributed by atoms with Crippen LogP contribution in [-0.4, -0.2) is 39.1 Å². The van der Waals surface area contributed by atoms with Crippen molar-refractivity contribution in [3.63, 3.8) is 0 Å². The number of hydrogen-bond donors (Lipinski definition) is 0. The third kappa shape index (κ3) is 4.83. The molecule has 0 saturated heterocycles. The van der Waals surface area contributed by atoms with E-state index in [2.05, 4.69) is 0 Å². The van der Waals surface area contributed by atoms with Crippen LogP contribution in [0.25, 0.3) is 0 Å². The second-order valence-electron chi connectivity index (χ2n) is 7.91. The van der Waals surface area contributed by atoms with E-state index in [0.29, 0.717) is 43.7 Å². The molecule has 2 aliphatic heterocycles. The number of ether oxygens (including phenoxy) is 4. The Labute approximate surface area is 193 Å². The Morgan fingerprint density at radius 2 is 1.48 bits per heavy atom. The van der Waals surface area contributed by atoms with Gasteiger partial charge in [0.2, 0.25) is 10.0 Å². The summed E-state index contributed by atoms with van der Waals surface area (Å²) in [5, 5.41) is 0. The van der Waals surface area contributed by atoms with Gasteiger partial charge in [-0.25, -0.2) is 8.42 Å². The minimum absolute atomic E-state index is 0.178. The molecular formula is C25H25NO6S. The third-order valence-electron chi connectivity index (χ3n) is 5.60. The maximum Gasteiger partial charge on any atom is 0.243 e. The fourth-order valence-electron chi connectivity index (χ4n) is 3.91. The Morgan fingerprint density at radius 1 is 0.758 bits per heavy atom. The Bertz CT molecular complexity index is 1230. The summed E-state index contributed by atoms with van der Waals surface area (Å²) in [4.78, 5) is 0.178. The summed E-state index contributed by atoms with van der Waals surface area (Å²) >= 11 is 0. The molecule has 0 atom stereocenters. The first kappa shape index (κ1) is 21.8.